The molecule has 1 amide bonds. The van der Waals surface area contributed by atoms with E-state index in [1.54, 1.807) is 0 Å². The second-order valence-corrected chi connectivity index (χ2v) is 7.69. The van der Waals surface area contributed by atoms with Gasteiger partial charge in [0.25, 0.3) is 0 Å². The van der Waals surface area contributed by atoms with Gasteiger partial charge in [-0.25, -0.2) is 0 Å². The molecule has 3 heterocycles. The molecule has 2 unspecified atom stereocenters. The second kappa shape index (κ2) is 9.28. The number of carbonyl (C=O) groups excluding carboxylic acids is 1. The molecule has 0 aliphatic carbocycles. The van der Waals surface area contributed by atoms with Crippen LogP contribution in [0.1, 0.15) is 20.3 Å². The Morgan fingerprint density at radius 2 is 1.96 bits per heavy atom. The lowest BCUT2D eigenvalue weighted by atomic mass is 10.1. The molecule has 0 spiro atoms. The molecule has 0 aromatic heterocycles. The Morgan fingerprint density at radius 1 is 1.16 bits per heavy atom. The van der Waals surface area contributed by atoms with Crippen LogP contribution in [0.3, 0.4) is 0 Å². The van der Waals surface area contributed by atoms with Crippen LogP contribution in [0, 0.1) is 0 Å². The summed E-state index contributed by atoms with van der Waals surface area (Å²) in [6.45, 7) is 14.2. The highest BCUT2D eigenvalue weighted by Crippen LogP contribution is 2.12. The maximum atomic E-state index is 12.5. The fraction of sp³-hybridized carbons (Fsp3) is 0.944. The van der Waals surface area contributed by atoms with Crippen LogP contribution in [0.4, 0.5) is 0 Å². The van der Waals surface area contributed by atoms with E-state index >= 15 is 0 Å². The molecular formula is C18H34N4O3. The highest BCUT2D eigenvalue weighted by atomic mass is 16.5. The maximum Gasteiger partial charge on any atom is 0.224 e. The molecule has 3 fully saturated rings. The molecule has 7 nitrogen and oxygen atoms in total. The van der Waals surface area contributed by atoms with Crippen molar-refractivity contribution < 1.29 is 14.3 Å². The molecule has 0 radical (unpaired) electrons. The predicted octanol–water partition coefficient (Wildman–Crippen LogP) is -0.382. The van der Waals surface area contributed by atoms with E-state index in [2.05, 4.69) is 29.0 Å². The number of hydrogen-bond acceptors (Lipinski definition) is 6. The zero-order valence-electron chi connectivity index (χ0n) is 15.8. The van der Waals surface area contributed by atoms with Crippen LogP contribution in [-0.2, 0) is 14.3 Å². The molecule has 0 aromatic rings. The molecule has 0 aromatic carbocycles. The van der Waals surface area contributed by atoms with Crippen LogP contribution in [0.5, 0.6) is 0 Å². The normalized spacial score (nSPS) is 30.0. The third-order valence-corrected chi connectivity index (χ3v) is 5.51. The van der Waals surface area contributed by atoms with Crippen molar-refractivity contribution in [2.75, 3.05) is 72.2 Å². The predicted molar refractivity (Wildman–Crippen MR) is 96.7 cm³/mol. The summed E-state index contributed by atoms with van der Waals surface area (Å²) >= 11 is 0. The summed E-state index contributed by atoms with van der Waals surface area (Å²) in [5.41, 5.74) is 0. The van der Waals surface area contributed by atoms with Crippen LogP contribution >= 0.6 is 0 Å². The summed E-state index contributed by atoms with van der Waals surface area (Å²) in [5.74, 6) is 0.252. The lowest BCUT2D eigenvalue weighted by Gasteiger charge is -2.40. The van der Waals surface area contributed by atoms with Crippen molar-refractivity contribution in [3.05, 3.63) is 0 Å². The molecular weight excluding hydrogens is 320 g/mol. The van der Waals surface area contributed by atoms with Gasteiger partial charge in [0.05, 0.1) is 25.9 Å². The third-order valence-electron chi connectivity index (χ3n) is 5.51. The highest BCUT2D eigenvalue weighted by Gasteiger charge is 2.28. The van der Waals surface area contributed by atoms with Crippen LogP contribution in [0.15, 0.2) is 0 Å². The Balaban J connectivity index is 1.37. The van der Waals surface area contributed by atoms with Crippen molar-refractivity contribution in [1.82, 2.24) is 20.0 Å². The van der Waals surface area contributed by atoms with Gasteiger partial charge in [-0.05, 0) is 13.8 Å². The van der Waals surface area contributed by atoms with Crippen molar-refractivity contribution in [1.29, 1.82) is 0 Å². The van der Waals surface area contributed by atoms with Crippen LogP contribution < -0.4 is 5.32 Å². The zero-order valence-corrected chi connectivity index (χ0v) is 15.8. The molecule has 25 heavy (non-hydrogen) atoms. The fourth-order valence-electron chi connectivity index (χ4n) is 3.88. The fourth-order valence-corrected chi connectivity index (χ4v) is 3.88. The highest BCUT2D eigenvalue weighted by molar-refractivity contribution is 5.77. The largest absolute Gasteiger partial charge is 0.378 e. The molecule has 7 heteroatoms. The van der Waals surface area contributed by atoms with E-state index in [-0.39, 0.29) is 11.9 Å². The first-order valence-corrected chi connectivity index (χ1v) is 9.78. The molecule has 1 N–H and O–H groups in total. The number of carbonyl (C=O) groups is 1. The van der Waals surface area contributed by atoms with Gasteiger partial charge in [0.15, 0.2) is 0 Å². The minimum absolute atomic E-state index is 0.178. The first kappa shape index (κ1) is 19.0. The van der Waals surface area contributed by atoms with Gasteiger partial charge in [-0.1, -0.05) is 0 Å². The monoisotopic (exact) mass is 354 g/mol. The van der Waals surface area contributed by atoms with Gasteiger partial charge in [-0.2, -0.15) is 0 Å². The van der Waals surface area contributed by atoms with Crippen molar-refractivity contribution in [2.45, 2.75) is 38.5 Å². The number of amides is 1. The number of nitrogens with one attached hydrogen (secondary N) is 1. The average Bonchev–Trinajstić information content (AvgIpc) is 2.63. The van der Waals surface area contributed by atoms with Crippen molar-refractivity contribution in [3.8, 4) is 0 Å². The van der Waals surface area contributed by atoms with Gasteiger partial charge >= 0.3 is 0 Å². The van der Waals surface area contributed by atoms with E-state index < -0.39 is 0 Å². The Labute approximate surface area is 151 Å². The number of rotatable bonds is 5. The van der Waals surface area contributed by atoms with Crippen molar-refractivity contribution in [3.63, 3.8) is 0 Å². The number of ether oxygens (including phenoxy) is 2. The molecule has 2 atom stereocenters. The summed E-state index contributed by atoms with van der Waals surface area (Å²) in [4.78, 5) is 19.4. The lowest BCUT2D eigenvalue weighted by molar-refractivity contribution is -0.134. The van der Waals surface area contributed by atoms with Gasteiger partial charge in [0.1, 0.15) is 0 Å². The van der Waals surface area contributed by atoms with Gasteiger partial charge in [0.2, 0.25) is 5.91 Å². The van der Waals surface area contributed by atoms with Crippen LogP contribution in [-0.4, -0.2) is 111 Å². The topological polar surface area (TPSA) is 57.3 Å². The average molecular weight is 354 g/mol. The van der Waals surface area contributed by atoms with Crippen molar-refractivity contribution >= 4 is 5.91 Å². The van der Waals surface area contributed by atoms with Gasteiger partial charge in [-0.15, -0.1) is 0 Å². The number of nitrogens with zero attached hydrogens (tertiary/aromatic N) is 3. The van der Waals surface area contributed by atoms with Crippen molar-refractivity contribution in [2.24, 2.45) is 0 Å². The van der Waals surface area contributed by atoms with E-state index in [1.807, 2.05) is 4.90 Å². The Hall–Kier alpha value is -0.730. The summed E-state index contributed by atoms with van der Waals surface area (Å²) < 4.78 is 11.4. The first-order valence-electron chi connectivity index (χ1n) is 9.78. The smallest absolute Gasteiger partial charge is 0.224 e. The number of piperazine rings is 1. The summed E-state index contributed by atoms with van der Waals surface area (Å²) in [6.07, 6.45) is 0.844. The third kappa shape index (κ3) is 5.62. The molecule has 3 aliphatic heterocycles. The Kier molecular flexibility index (Phi) is 7.07. The number of hydrogen-bond donors (Lipinski definition) is 1. The van der Waals surface area contributed by atoms with E-state index in [1.165, 1.54) is 0 Å². The quantitative estimate of drug-likeness (QED) is 0.726. The van der Waals surface area contributed by atoms with Gasteiger partial charge in [-0.3, -0.25) is 14.6 Å². The van der Waals surface area contributed by atoms with Crippen LogP contribution in [0.25, 0.3) is 0 Å². The molecule has 3 aliphatic rings. The SMILES string of the molecule is CC(C)N1CCOC(CN2CCN(C(=O)CC3COCCN3)CC2)C1. The molecule has 3 saturated heterocycles. The minimum Gasteiger partial charge on any atom is -0.378 e. The Bertz CT molecular complexity index is 421. The maximum absolute atomic E-state index is 12.5. The second-order valence-electron chi connectivity index (χ2n) is 7.69. The lowest BCUT2D eigenvalue weighted by Crippen LogP contribution is -2.55. The van der Waals surface area contributed by atoms with Gasteiger partial charge in [0, 0.05) is 70.9 Å². The van der Waals surface area contributed by atoms with E-state index in [4.69, 9.17) is 9.47 Å². The van der Waals surface area contributed by atoms with E-state index in [9.17, 15) is 4.79 Å². The Morgan fingerprint density at radius 3 is 2.64 bits per heavy atom. The van der Waals surface area contributed by atoms with Gasteiger partial charge < -0.3 is 19.7 Å². The minimum atomic E-state index is 0.178. The summed E-state index contributed by atoms with van der Waals surface area (Å²) in [7, 11) is 0. The molecule has 0 saturated carbocycles. The molecule has 144 valence electrons. The first-order chi connectivity index (χ1) is 12.1. The summed E-state index contributed by atoms with van der Waals surface area (Å²) in [5, 5.41) is 3.36. The standard InChI is InChI=1S/C18H34N4O3/c1-15(2)22-8-10-25-17(13-22)12-20-4-6-21(7-5-20)18(23)11-16-14-24-9-3-19-16/h15-17,19H,3-14H2,1-2H3. The van der Waals surface area contributed by atoms with Crippen LogP contribution in [0.2, 0.25) is 0 Å². The molecule has 3 rings (SSSR count). The zero-order chi connectivity index (χ0) is 17.6. The summed E-state index contributed by atoms with van der Waals surface area (Å²) in [6, 6.07) is 0.759. The van der Waals surface area contributed by atoms with E-state index in [0.29, 0.717) is 25.2 Å². The van der Waals surface area contributed by atoms with E-state index in [0.717, 1.165) is 65.6 Å². The number of morpholine rings is 2. The molecule has 0 bridgehead atoms.